The number of anilines is 1. The summed E-state index contributed by atoms with van der Waals surface area (Å²) < 4.78 is 0. The highest BCUT2D eigenvalue weighted by atomic mass is 35.5. The van der Waals surface area contributed by atoms with Crippen LogP contribution in [0.1, 0.15) is 43.9 Å². The van der Waals surface area contributed by atoms with Crippen molar-refractivity contribution in [3.05, 3.63) is 64.7 Å². The molecule has 2 aromatic rings. The zero-order valence-corrected chi connectivity index (χ0v) is 16.5. The molecule has 0 bridgehead atoms. The molecule has 2 aromatic carbocycles. The van der Waals surface area contributed by atoms with Crippen LogP contribution >= 0.6 is 11.6 Å². The SMILES string of the molecule is CC(C)[C@@H](NC(=O)Cc1ccc(N2CCCC2=O)cc1)c1ccc(Cl)cc1. The highest BCUT2D eigenvalue weighted by Gasteiger charge is 2.22. The van der Waals surface area contributed by atoms with Crippen molar-refractivity contribution < 1.29 is 9.59 Å². The van der Waals surface area contributed by atoms with Gasteiger partial charge in [-0.15, -0.1) is 0 Å². The van der Waals surface area contributed by atoms with Crippen LogP contribution in [0.4, 0.5) is 5.69 Å². The van der Waals surface area contributed by atoms with E-state index in [0.717, 1.165) is 29.8 Å². The second-order valence-corrected chi connectivity index (χ2v) is 7.77. The van der Waals surface area contributed by atoms with Gasteiger partial charge in [-0.25, -0.2) is 0 Å². The Balaban J connectivity index is 1.63. The lowest BCUT2D eigenvalue weighted by Crippen LogP contribution is -2.32. The van der Waals surface area contributed by atoms with E-state index in [9.17, 15) is 9.59 Å². The van der Waals surface area contributed by atoms with Crippen LogP contribution in [0.25, 0.3) is 0 Å². The third-order valence-electron chi connectivity index (χ3n) is 4.90. The molecule has 1 fully saturated rings. The predicted octanol–water partition coefficient (Wildman–Crippen LogP) is 4.52. The summed E-state index contributed by atoms with van der Waals surface area (Å²) in [6, 6.07) is 15.2. The number of rotatable bonds is 6. The molecule has 142 valence electrons. The number of carbonyl (C=O) groups is 2. The van der Waals surface area contributed by atoms with E-state index in [1.807, 2.05) is 48.5 Å². The first kappa shape index (κ1) is 19.4. The Bertz CT molecular complexity index is 800. The summed E-state index contributed by atoms with van der Waals surface area (Å²) >= 11 is 5.97. The number of hydrogen-bond donors (Lipinski definition) is 1. The van der Waals surface area contributed by atoms with E-state index in [4.69, 9.17) is 11.6 Å². The van der Waals surface area contributed by atoms with Gasteiger partial charge in [0.2, 0.25) is 11.8 Å². The molecule has 0 unspecified atom stereocenters. The van der Waals surface area contributed by atoms with E-state index in [2.05, 4.69) is 19.2 Å². The molecule has 1 atom stereocenters. The van der Waals surface area contributed by atoms with E-state index in [-0.39, 0.29) is 23.8 Å². The van der Waals surface area contributed by atoms with Crippen molar-refractivity contribution in [1.82, 2.24) is 5.32 Å². The molecule has 0 aromatic heterocycles. The maximum absolute atomic E-state index is 12.6. The monoisotopic (exact) mass is 384 g/mol. The standard InChI is InChI=1S/C22H25ClN2O2/c1-15(2)22(17-7-9-18(23)10-8-17)24-20(26)14-16-5-11-19(12-6-16)25-13-3-4-21(25)27/h5-12,15,22H,3-4,13-14H2,1-2H3,(H,24,26)/t22-/m1/s1. The minimum atomic E-state index is -0.0590. The van der Waals surface area contributed by atoms with Gasteiger partial charge in [0.05, 0.1) is 12.5 Å². The molecule has 27 heavy (non-hydrogen) atoms. The van der Waals surface area contributed by atoms with Crippen LogP contribution in [-0.2, 0) is 16.0 Å². The molecule has 1 aliphatic heterocycles. The van der Waals surface area contributed by atoms with Crippen LogP contribution < -0.4 is 10.2 Å². The third kappa shape index (κ3) is 4.89. The topological polar surface area (TPSA) is 49.4 Å². The Labute approximate surface area is 165 Å². The molecule has 2 amide bonds. The van der Waals surface area contributed by atoms with Gasteiger partial charge < -0.3 is 10.2 Å². The first-order valence-electron chi connectivity index (χ1n) is 9.38. The van der Waals surface area contributed by atoms with Gasteiger partial charge in [-0.1, -0.05) is 49.7 Å². The van der Waals surface area contributed by atoms with E-state index < -0.39 is 0 Å². The van der Waals surface area contributed by atoms with Crippen molar-refractivity contribution in [3.63, 3.8) is 0 Å². The van der Waals surface area contributed by atoms with Crippen LogP contribution in [0.2, 0.25) is 5.02 Å². The molecule has 4 nitrogen and oxygen atoms in total. The van der Waals surface area contributed by atoms with Gasteiger partial charge >= 0.3 is 0 Å². The van der Waals surface area contributed by atoms with Gasteiger partial charge in [0.1, 0.15) is 0 Å². The van der Waals surface area contributed by atoms with Gasteiger partial charge in [-0.05, 0) is 47.7 Å². The van der Waals surface area contributed by atoms with Crippen molar-refractivity contribution >= 4 is 29.1 Å². The molecule has 0 aliphatic carbocycles. The molecule has 1 N–H and O–H groups in total. The van der Waals surface area contributed by atoms with Crippen LogP contribution in [0, 0.1) is 5.92 Å². The van der Waals surface area contributed by atoms with Crippen LogP contribution in [0.5, 0.6) is 0 Å². The predicted molar refractivity (Wildman–Crippen MR) is 109 cm³/mol. The molecule has 0 radical (unpaired) electrons. The third-order valence-corrected chi connectivity index (χ3v) is 5.15. The zero-order chi connectivity index (χ0) is 19.4. The number of carbonyl (C=O) groups excluding carboxylic acids is 2. The summed E-state index contributed by atoms with van der Waals surface area (Å²) in [7, 11) is 0. The van der Waals surface area contributed by atoms with Gasteiger partial charge in [0.15, 0.2) is 0 Å². The number of benzene rings is 2. The smallest absolute Gasteiger partial charge is 0.227 e. The van der Waals surface area contributed by atoms with Gasteiger partial charge in [-0.3, -0.25) is 9.59 Å². The fraction of sp³-hybridized carbons (Fsp3) is 0.364. The van der Waals surface area contributed by atoms with Crippen molar-refractivity contribution in [1.29, 1.82) is 0 Å². The van der Waals surface area contributed by atoms with Crippen molar-refractivity contribution in [2.45, 2.75) is 39.2 Å². The molecule has 0 spiro atoms. The second-order valence-electron chi connectivity index (χ2n) is 7.33. The molecule has 3 rings (SSSR count). The van der Waals surface area contributed by atoms with Crippen molar-refractivity contribution in [3.8, 4) is 0 Å². The summed E-state index contributed by atoms with van der Waals surface area (Å²) in [5, 5.41) is 3.82. The molecule has 1 saturated heterocycles. The largest absolute Gasteiger partial charge is 0.349 e. The zero-order valence-electron chi connectivity index (χ0n) is 15.7. The van der Waals surface area contributed by atoms with Gasteiger partial charge in [0.25, 0.3) is 0 Å². The van der Waals surface area contributed by atoms with E-state index in [0.29, 0.717) is 17.9 Å². The number of nitrogens with one attached hydrogen (secondary N) is 1. The van der Waals surface area contributed by atoms with Crippen molar-refractivity contribution in [2.24, 2.45) is 5.92 Å². The molecule has 5 heteroatoms. The summed E-state index contributed by atoms with van der Waals surface area (Å²) in [5.74, 6) is 0.413. The van der Waals surface area contributed by atoms with Crippen LogP contribution in [-0.4, -0.2) is 18.4 Å². The Morgan fingerprint density at radius 3 is 2.33 bits per heavy atom. The first-order valence-corrected chi connectivity index (χ1v) is 9.76. The Morgan fingerprint density at radius 1 is 1.11 bits per heavy atom. The Morgan fingerprint density at radius 2 is 1.78 bits per heavy atom. The van der Waals surface area contributed by atoms with E-state index in [1.165, 1.54) is 0 Å². The highest BCUT2D eigenvalue weighted by molar-refractivity contribution is 6.30. The summed E-state index contributed by atoms with van der Waals surface area (Å²) in [5.41, 5.74) is 2.88. The average Bonchev–Trinajstić information content (AvgIpc) is 3.07. The summed E-state index contributed by atoms with van der Waals surface area (Å²) in [6.07, 6.45) is 1.83. The van der Waals surface area contributed by atoms with E-state index >= 15 is 0 Å². The number of amides is 2. The lowest BCUT2D eigenvalue weighted by molar-refractivity contribution is -0.121. The molecular weight excluding hydrogens is 360 g/mol. The Kier molecular flexibility index (Phi) is 6.17. The first-order chi connectivity index (χ1) is 12.9. The lowest BCUT2D eigenvalue weighted by atomic mass is 9.95. The number of halogens is 1. The lowest BCUT2D eigenvalue weighted by Gasteiger charge is -2.23. The van der Waals surface area contributed by atoms with E-state index in [1.54, 1.807) is 4.90 Å². The average molecular weight is 385 g/mol. The number of nitrogens with zero attached hydrogens (tertiary/aromatic N) is 1. The normalized spacial score (nSPS) is 15.3. The number of hydrogen-bond acceptors (Lipinski definition) is 2. The van der Waals surface area contributed by atoms with Crippen LogP contribution in [0.3, 0.4) is 0 Å². The van der Waals surface area contributed by atoms with Crippen LogP contribution in [0.15, 0.2) is 48.5 Å². The Hall–Kier alpha value is -2.33. The maximum atomic E-state index is 12.6. The van der Waals surface area contributed by atoms with Gasteiger partial charge in [0, 0.05) is 23.7 Å². The molecule has 1 aliphatic rings. The molecule has 1 heterocycles. The van der Waals surface area contributed by atoms with Crippen molar-refractivity contribution in [2.75, 3.05) is 11.4 Å². The minimum Gasteiger partial charge on any atom is -0.349 e. The molecule has 0 saturated carbocycles. The van der Waals surface area contributed by atoms with Gasteiger partial charge in [-0.2, -0.15) is 0 Å². The summed E-state index contributed by atoms with van der Waals surface area (Å²) in [6.45, 7) is 4.94. The fourth-order valence-electron chi connectivity index (χ4n) is 3.43. The maximum Gasteiger partial charge on any atom is 0.227 e. The summed E-state index contributed by atoms with van der Waals surface area (Å²) in [4.78, 5) is 26.2. The highest BCUT2D eigenvalue weighted by Crippen LogP contribution is 2.24. The molecular formula is C22H25ClN2O2. The second kappa shape index (κ2) is 8.57. The minimum absolute atomic E-state index is 0.0198. The quantitative estimate of drug-likeness (QED) is 0.795. The fourth-order valence-corrected chi connectivity index (χ4v) is 3.56.